The van der Waals surface area contributed by atoms with Crippen LogP contribution in [0.15, 0.2) is 43.0 Å². The zero-order valence-corrected chi connectivity index (χ0v) is 13.8. The molecule has 0 fully saturated rings. The quantitative estimate of drug-likeness (QED) is 0.319. The molecule has 0 heterocycles. The molecule has 0 bridgehead atoms. The van der Waals surface area contributed by atoms with Gasteiger partial charge in [-0.3, -0.25) is 4.48 Å². The van der Waals surface area contributed by atoms with Crippen LogP contribution in [-0.2, 0) is 15.3 Å². The van der Waals surface area contributed by atoms with Crippen molar-refractivity contribution in [1.29, 1.82) is 0 Å². The Labute approximate surface area is 133 Å². The van der Waals surface area contributed by atoms with Gasteiger partial charge in [0.1, 0.15) is 12.6 Å². The van der Waals surface area contributed by atoms with Crippen LogP contribution < -0.4 is 12.4 Å². The number of hydrogen-bond acceptors (Lipinski definition) is 3. The first-order valence-corrected chi connectivity index (χ1v) is 6.65. The third kappa shape index (κ3) is 4.56. The molecule has 0 aliphatic carbocycles. The van der Waals surface area contributed by atoms with Crippen LogP contribution in [0.2, 0.25) is 0 Å². The number of benzene rings is 1. The summed E-state index contributed by atoms with van der Waals surface area (Å²) in [7, 11) is 3.85. The summed E-state index contributed by atoms with van der Waals surface area (Å²) in [5.41, 5.74) is -0.0235. The van der Waals surface area contributed by atoms with E-state index in [2.05, 4.69) is 6.58 Å². The number of aliphatic hydroxyl groups is 1. The van der Waals surface area contributed by atoms with Gasteiger partial charge in [-0.05, 0) is 19.1 Å². The minimum absolute atomic E-state index is 0. The van der Waals surface area contributed by atoms with E-state index in [-0.39, 0.29) is 12.4 Å². The van der Waals surface area contributed by atoms with Crippen LogP contribution in [0.25, 0.3) is 0 Å². The maximum Gasteiger partial charge on any atom is 0.335 e. The highest BCUT2D eigenvalue weighted by Crippen LogP contribution is 2.34. The van der Waals surface area contributed by atoms with E-state index in [4.69, 9.17) is 4.74 Å². The molecule has 2 atom stereocenters. The zero-order valence-electron chi connectivity index (χ0n) is 13.0. The molecule has 0 aliphatic heterocycles. The SMILES string of the molecule is C=CC(=O)OC(C)(c1ccccc1)[N+](C)(C)CC(C)O.[Cl-]. The fraction of sp³-hybridized carbons (Fsp3) is 0.438. The third-order valence-electron chi connectivity index (χ3n) is 3.65. The summed E-state index contributed by atoms with van der Waals surface area (Å²) in [5, 5.41) is 9.71. The minimum atomic E-state index is -0.899. The van der Waals surface area contributed by atoms with Crippen molar-refractivity contribution in [2.24, 2.45) is 0 Å². The van der Waals surface area contributed by atoms with E-state index >= 15 is 0 Å². The Morgan fingerprint density at radius 3 is 2.38 bits per heavy atom. The molecule has 1 aromatic rings. The average Bonchev–Trinajstić information content (AvgIpc) is 2.37. The molecule has 0 aromatic heterocycles. The molecule has 1 rings (SSSR count). The number of halogens is 1. The Bertz CT molecular complexity index is 474. The van der Waals surface area contributed by atoms with Crippen molar-refractivity contribution in [2.45, 2.75) is 25.7 Å². The van der Waals surface area contributed by atoms with Gasteiger partial charge in [-0.15, -0.1) is 0 Å². The van der Waals surface area contributed by atoms with Crippen LogP contribution in [0, 0.1) is 0 Å². The molecule has 21 heavy (non-hydrogen) atoms. The second kappa shape index (κ2) is 7.59. The first-order chi connectivity index (χ1) is 9.23. The van der Waals surface area contributed by atoms with Crippen LogP contribution >= 0.6 is 0 Å². The first kappa shape index (κ1) is 19.6. The highest BCUT2D eigenvalue weighted by atomic mass is 35.5. The lowest BCUT2D eigenvalue weighted by Gasteiger charge is -2.45. The number of ether oxygens (including phenoxy) is 1. The van der Waals surface area contributed by atoms with Crippen molar-refractivity contribution in [3.63, 3.8) is 0 Å². The molecule has 0 aliphatic rings. The van der Waals surface area contributed by atoms with E-state index in [0.29, 0.717) is 11.0 Å². The standard InChI is InChI=1S/C16H24NO3.ClH/c1-6-15(19)20-16(3,14-10-8-7-9-11-14)17(4,5)12-13(2)18;/h6-11,13,18H,1,12H2,2-5H3;1H/q+1;/p-1. The molecule has 1 aromatic carbocycles. The van der Waals surface area contributed by atoms with Crippen molar-refractivity contribution >= 4 is 5.97 Å². The second-order valence-corrected chi connectivity index (χ2v) is 5.69. The smallest absolute Gasteiger partial charge is 0.335 e. The maximum absolute atomic E-state index is 11.7. The number of carbonyl (C=O) groups excluding carboxylic acids is 1. The first-order valence-electron chi connectivity index (χ1n) is 6.65. The van der Waals surface area contributed by atoms with E-state index in [1.807, 2.05) is 51.4 Å². The van der Waals surface area contributed by atoms with E-state index < -0.39 is 17.8 Å². The summed E-state index contributed by atoms with van der Waals surface area (Å²) in [6, 6.07) is 9.54. The summed E-state index contributed by atoms with van der Waals surface area (Å²) < 4.78 is 5.96. The van der Waals surface area contributed by atoms with Gasteiger partial charge >= 0.3 is 5.97 Å². The molecule has 0 saturated carbocycles. The van der Waals surface area contributed by atoms with Gasteiger partial charge < -0.3 is 22.3 Å². The fourth-order valence-electron chi connectivity index (χ4n) is 2.35. The molecule has 0 saturated heterocycles. The van der Waals surface area contributed by atoms with Crippen molar-refractivity contribution in [3.8, 4) is 0 Å². The van der Waals surface area contributed by atoms with Crippen molar-refractivity contribution < 1.29 is 31.5 Å². The largest absolute Gasteiger partial charge is 1.00 e. The lowest BCUT2D eigenvalue weighted by Crippen LogP contribution is -3.00. The van der Waals surface area contributed by atoms with Gasteiger partial charge in [0.2, 0.25) is 0 Å². The van der Waals surface area contributed by atoms with Crippen LogP contribution in [0.3, 0.4) is 0 Å². The van der Waals surface area contributed by atoms with Crippen molar-refractivity contribution in [3.05, 3.63) is 48.6 Å². The van der Waals surface area contributed by atoms with Gasteiger partial charge in [-0.2, -0.15) is 0 Å². The molecular weight excluding hydrogens is 290 g/mol. The van der Waals surface area contributed by atoms with E-state index in [9.17, 15) is 9.90 Å². The van der Waals surface area contributed by atoms with Gasteiger partial charge in [0, 0.05) is 13.0 Å². The average molecular weight is 314 g/mol. The maximum atomic E-state index is 11.7. The summed E-state index contributed by atoms with van der Waals surface area (Å²) >= 11 is 0. The Morgan fingerprint density at radius 2 is 1.95 bits per heavy atom. The molecule has 5 heteroatoms. The number of rotatable bonds is 6. The zero-order chi connectivity index (χ0) is 15.4. The van der Waals surface area contributed by atoms with Crippen LogP contribution in [0.5, 0.6) is 0 Å². The molecule has 118 valence electrons. The lowest BCUT2D eigenvalue weighted by molar-refractivity contribution is -0.973. The molecular formula is C16H24ClNO3. The molecule has 0 radical (unpaired) electrons. The third-order valence-corrected chi connectivity index (χ3v) is 3.65. The van der Waals surface area contributed by atoms with Crippen molar-refractivity contribution in [1.82, 2.24) is 0 Å². The van der Waals surface area contributed by atoms with Crippen LogP contribution in [0.4, 0.5) is 0 Å². The Hall–Kier alpha value is -1.36. The number of likely N-dealkylation sites (N-methyl/N-ethyl adjacent to an activating group) is 1. The number of hydrogen-bond donors (Lipinski definition) is 1. The topological polar surface area (TPSA) is 46.5 Å². The highest BCUT2D eigenvalue weighted by Gasteiger charge is 2.46. The molecule has 1 N–H and O–H groups in total. The Kier molecular flexibility index (Phi) is 7.10. The number of quaternary nitrogens is 1. The van der Waals surface area contributed by atoms with Crippen LogP contribution in [0.1, 0.15) is 19.4 Å². The number of aliphatic hydroxyl groups excluding tert-OH is 1. The van der Waals surface area contributed by atoms with Gasteiger partial charge in [0.05, 0.1) is 19.7 Å². The van der Waals surface area contributed by atoms with E-state index in [0.717, 1.165) is 11.6 Å². The van der Waals surface area contributed by atoms with Gasteiger partial charge in [0.25, 0.3) is 5.72 Å². The fourth-order valence-corrected chi connectivity index (χ4v) is 2.35. The molecule has 2 unspecified atom stereocenters. The predicted octanol–water partition coefficient (Wildman–Crippen LogP) is -0.950. The van der Waals surface area contributed by atoms with Gasteiger partial charge in [-0.1, -0.05) is 24.8 Å². The number of carbonyl (C=O) groups is 1. The van der Waals surface area contributed by atoms with Gasteiger partial charge in [-0.25, -0.2) is 4.79 Å². The summed E-state index contributed by atoms with van der Waals surface area (Å²) in [6.45, 7) is 7.48. The summed E-state index contributed by atoms with van der Waals surface area (Å²) in [6.07, 6.45) is 0.652. The van der Waals surface area contributed by atoms with E-state index in [1.54, 1.807) is 6.92 Å². The predicted molar refractivity (Wildman–Crippen MR) is 78.7 cm³/mol. The normalized spacial score (nSPS) is 15.3. The second-order valence-electron chi connectivity index (χ2n) is 5.69. The molecule has 0 amide bonds. The number of nitrogens with zero attached hydrogens (tertiary/aromatic N) is 1. The summed E-state index contributed by atoms with van der Waals surface area (Å²) in [4.78, 5) is 11.7. The summed E-state index contributed by atoms with van der Waals surface area (Å²) in [5.74, 6) is -0.479. The van der Waals surface area contributed by atoms with E-state index in [1.165, 1.54) is 0 Å². The minimum Gasteiger partial charge on any atom is -1.00 e. The number of esters is 1. The lowest BCUT2D eigenvalue weighted by atomic mass is 10.00. The van der Waals surface area contributed by atoms with Gasteiger partial charge in [0.15, 0.2) is 0 Å². The Balaban J connectivity index is 0.00000400. The highest BCUT2D eigenvalue weighted by molar-refractivity contribution is 5.81. The van der Waals surface area contributed by atoms with Crippen molar-refractivity contribution in [2.75, 3.05) is 20.6 Å². The van der Waals surface area contributed by atoms with Crippen LogP contribution in [-0.4, -0.2) is 42.3 Å². The molecule has 4 nitrogen and oxygen atoms in total. The monoisotopic (exact) mass is 313 g/mol. The Morgan fingerprint density at radius 1 is 1.43 bits per heavy atom. The molecule has 0 spiro atoms.